The Bertz CT molecular complexity index is 602. The van der Waals surface area contributed by atoms with Crippen LogP contribution in [0, 0.1) is 5.92 Å². The van der Waals surface area contributed by atoms with Crippen LogP contribution >= 0.6 is 0 Å². The van der Waals surface area contributed by atoms with E-state index in [-0.39, 0.29) is 24.3 Å². The van der Waals surface area contributed by atoms with E-state index in [2.05, 4.69) is 25.7 Å². The fourth-order valence-corrected chi connectivity index (χ4v) is 3.94. The van der Waals surface area contributed by atoms with E-state index in [1.54, 1.807) is 7.11 Å². The maximum absolute atomic E-state index is 12.3. The standard InChI is InChI=1S/C17H29N7O3/c1-27-10-6-18-17(26)14-3-2-7-23(11-14)15-4-8-22(9-5-15)16(25)12-24-13-19-20-21-24/h13-15H,2-12H2,1H3,(H,18,26)/t14-/m0/s1. The molecule has 3 heterocycles. The van der Waals surface area contributed by atoms with Crippen molar-refractivity contribution < 1.29 is 14.3 Å². The van der Waals surface area contributed by atoms with Gasteiger partial charge in [-0.2, -0.15) is 0 Å². The first-order valence-corrected chi connectivity index (χ1v) is 9.66. The number of methoxy groups -OCH3 is 1. The van der Waals surface area contributed by atoms with E-state index in [4.69, 9.17) is 4.74 Å². The van der Waals surface area contributed by atoms with Crippen LogP contribution in [0.25, 0.3) is 0 Å². The van der Waals surface area contributed by atoms with Gasteiger partial charge in [-0.15, -0.1) is 5.10 Å². The molecule has 2 amide bonds. The molecule has 10 nitrogen and oxygen atoms in total. The minimum Gasteiger partial charge on any atom is -0.383 e. The second kappa shape index (κ2) is 9.75. The zero-order valence-electron chi connectivity index (χ0n) is 15.9. The predicted molar refractivity (Wildman–Crippen MR) is 96.6 cm³/mol. The molecule has 1 N–H and O–H groups in total. The van der Waals surface area contributed by atoms with Crippen molar-refractivity contribution in [2.45, 2.75) is 38.3 Å². The molecule has 0 bridgehead atoms. The Hall–Kier alpha value is -2.07. The summed E-state index contributed by atoms with van der Waals surface area (Å²) in [5.74, 6) is 0.232. The molecule has 2 saturated heterocycles. The number of tetrazole rings is 1. The zero-order valence-corrected chi connectivity index (χ0v) is 15.9. The number of likely N-dealkylation sites (tertiary alicyclic amines) is 2. The number of nitrogens with one attached hydrogen (secondary N) is 1. The molecule has 10 heteroatoms. The predicted octanol–water partition coefficient (Wildman–Crippen LogP) is -0.861. The Labute approximate surface area is 159 Å². The zero-order chi connectivity index (χ0) is 19.1. The normalized spacial score (nSPS) is 22.0. The van der Waals surface area contributed by atoms with Crippen molar-refractivity contribution in [2.75, 3.05) is 46.4 Å². The van der Waals surface area contributed by atoms with E-state index in [1.807, 2.05) is 4.90 Å². The number of ether oxygens (including phenoxy) is 1. The number of hydrogen-bond acceptors (Lipinski definition) is 7. The van der Waals surface area contributed by atoms with Crippen molar-refractivity contribution in [2.24, 2.45) is 5.92 Å². The first-order chi connectivity index (χ1) is 13.2. The van der Waals surface area contributed by atoms with Crippen LogP contribution in [-0.4, -0.2) is 94.3 Å². The highest BCUT2D eigenvalue weighted by Crippen LogP contribution is 2.24. The summed E-state index contributed by atoms with van der Waals surface area (Å²) in [6.45, 7) is 4.62. The first kappa shape index (κ1) is 19.7. The summed E-state index contributed by atoms with van der Waals surface area (Å²) < 4.78 is 6.44. The van der Waals surface area contributed by atoms with Gasteiger partial charge < -0.3 is 15.0 Å². The molecule has 0 radical (unpaired) electrons. The number of aromatic nitrogens is 4. The molecular weight excluding hydrogens is 350 g/mol. The van der Waals surface area contributed by atoms with Crippen LogP contribution in [0.4, 0.5) is 0 Å². The highest BCUT2D eigenvalue weighted by molar-refractivity contribution is 5.79. The maximum atomic E-state index is 12.3. The molecule has 3 rings (SSSR count). The molecule has 0 spiro atoms. The highest BCUT2D eigenvalue weighted by atomic mass is 16.5. The molecule has 2 aliphatic rings. The lowest BCUT2D eigenvalue weighted by Gasteiger charge is -2.42. The number of rotatable bonds is 7. The van der Waals surface area contributed by atoms with E-state index >= 15 is 0 Å². The van der Waals surface area contributed by atoms with Crippen LogP contribution < -0.4 is 5.32 Å². The minimum absolute atomic E-state index is 0.0507. The molecule has 0 aliphatic carbocycles. The second-order valence-electron chi connectivity index (χ2n) is 7.24. The van der Waals surface area contributed by atoms with E-state index in [0.29, 0.717) is 19.2 Å². The Morgan fingerprint density at radius 2 is 2.04 bits per heavy atom. The Kier molecular flexibility index (Phi) is 7.11. The first-order valence-electron chi connectivity index (χ1n) is 9.66. The van der Waals surface area contributed by atoms with E-state index < -0.39 is 0 Å². The molecule has 1 aromatic rings. The van der Waals surface area contributed by atoms with Gasteiger partial charge in [-0.05, 0) is 42.7 Å². The van der Waals surface area contributed by atoms with Gasteiger partial charge in [-0.3, -0.25) is 14.5 Å². The molecule has 27 heavy (non-hydrogen) atoms. The molecular formula is C17H29N7O3. The number of carbonyl (C=O) groups excluding carboxylic acids is 2. The van der Waals surface area contributed by atoms with Crippen LogP contribution in [0.5, 0.6) is 0 Å². The van der Waals surface area contributed by atoms with Crippen molar-refractivity contribution in [1.29, 1.82) is 0 Å². The Balaban J connectivity index is 1.43. The van der Waals surface area contributed by atoms with Gasteiger partial charge in [-0.25, -0.2) is 4.68 Å². The summed E-state index contributed by atoms with van der Waals surface area (Å²) in [7, 11) is 1.63. The SMILES string of the molecule is COCCNC(=O)[C@H]1CCCN(C2CCN(C(=O)Cn3cnnn3)CC2)C1. The highest BCUT2D eigenvalue weighted by Gasteiger charge is 2.32. The van der Waals surface area contributed by atoms with Gasteiger partial charge >= 0.3 is 0 Å². The number of hydrogen-bond donors (Lipinski definition) is 1. The van der Waals surface area contributed by atoms with Gasteiger partial charge in [0.15, 0.2) is 0 Å². The number of amides is 2. The summed E-state index contributed by atoms with van der Waals surface area (Å²) in [5, 5.41) is 13.8. The quantitative estimate of drug-likeness (QED) is 0.615. The van der Waals surface area contributed by atoms with Gasteiger partial charge in [-0.1, -0.05) is 0 Å². The average Bonchev–Trinajstić information content (AvgIpc) is 3.21. The topological polar surface area (TPSA) is 105 Å². The van der Waals surface area contributed by atoms with E-state index in [9.17, 15) is 9.59 Å². The molecule has 2 fully saturated rings. The maximum Gasteiger partial charge on any atom is 0.244 e. The Morgan fingerprint density at radius 3 is 2.74 bits per heavy atom. The largest absolute Gasteiger partial charge is 0.383 e. The van der Waals surface area contributed by atoms with Gasteiger partial charge in [0.1, 0.15) is 12.9 Å². The summed E-state index contributed by atoms with van der Waals surface area (Å²) in [4.78, 5) is 29.0. The third-order valence-corrected chi connectivity index (χ3v) is 5.45. The second-order valence-corrected chi connectivity index (χ2v) is 7.24. The van der Waals surface area contributed by atoms with Crippen LogP contribution in [0.15, 0.2) is 6.33 Å². The Morgan fingerprint density at radius 1 is 1.22 bits per heavy atom. The van der Waals surface area contributed by atoms with Crippen molar-refractivity contribution in [3.63, 3.8) is 0 Å². The average molecular weight is 379 g/mol. The monoisotopic (exact) mass is 379 g/mol. The molecule has 1 aromatic heterocycles. The number of nitrogens with zero attached hydrogens (tertiary/aromatic N) is 6. The summed E-state index contributed by atoms with van der Waals surface area (Å²) >= 11 is 0. The van der Waals surface area contributed by atoms with Crippen LogP contribution in [0.1, 0.15) is 25.7 Å². The number of carbonyl (C=O) groups is 2. The molecule has 0 saturated carbocycles. The van der Waals surface area contributed by atoms with Crippen LogP contribution in [-0.2, 0) is 20.9 Å². The fraction of sp³-hybridized carbons (Fsp3) is 0.824. The number of piperidine rings is 2. The fourth-order valence-electron chi connectivity index (χ4n) is 3.94. The van der Waals surface area contributed by atoms with Gasteiger partial charge in [0, 0.05) is 39.3 Å². The molecule has 150 valence electrons. The summed E-state index contributed by atoms with van der Waals surface area (Å²) in [6, 6.07) is 0.441. The van der Waals surface area contributed by atoms with Crippen LogP contribution in [0.3, 0.4) is 0 Å². The molecule has 1 atom stereocenters. The van der Waals surface area contributed by atoms with Crippen molar-refractivity contribution in [3.05, 3.63) is 6.33 Å². The summed E-state index contributed by atoms with van der Waals surface area (Å²) in [6.07, 6.45) is 5.33. The van der Waals surface area contributed by atoms with E-state index in [0.717, 1.165) is 51.9 Å². The lowest BCUT2D eigenvalue weighted by atomic mass is 9.93. The molecule has 0 unspecified atom stereocenters. The van der Waals surface area contributed by atoms with Gasteiger partial charge in [0.25, 0.3) is 0 Å². The van der Waals surface area contributed by atoms with Gasteiger partial charge in [0.05, 0.1) is 12.5 Å². The van der Waals surface area contributed by atoms with E-state index in [1.165, 1.54) is 11.0 Å². The lowest BCUT2D eigenvalue weighted by Crippen LogP contribution is -2.52. The third kappa shape index (κ3) is 5.46. The van der Waals surface area contributed by atoms with Crippen molar-refractivity contribution in [1.82, 2.24) is 35.3 Å². The molecule has 2 aliphatic heterocycles. The molecule has 0 aromatic carbocycles. The van der Waals surface area contributed by atoms with Crippen LogP contribution in [0.2, 0.25) is 0 Å². The summed E-state index contributed by atoms with van der Waals surface area (Å²) in [5.41, 5.74) is 0. The minimum atomic E-state index is 0.0507. The lowest BCUT2D eigenvalue weighted by molar-refractivity contribution is -0.133. The smallest absolute Gasteiger partial charge is 0.244 e. The van der Waals surface area contributed by atoms with Crippen molar-refractivity contribution >= 4 is 11.8 Å². The van der Waals surface area contributed by atoms with Gasteiger partial charge in [0.2, 0.25) is 11.8 Å². The van der Waals surface area contributed by atoms with Crippen molar-refractivity contribution in [3.8, 4) is 0 Å². The third-order valence-electron chi connectivity index (χ3n) is 5.45.